The van der Waals surface area contributed by atoms with Gasteiger partial charge in [-0.25, -0.2) is 0 Å². The van der Waals surface area contributed by atoms with Gasteiger partial charge >= 0.3 is 0 Å². The molecule has 29 heavy (non-hydrogen) atoms. The Morgan fingerprint density at radius 2 is 1.41 bits per heavy atom. The Kier molecular flexibility index (Phi) is 5.24. The number of aryl methyl sites for hydroxylation is 2. The molecule has 0 saturated heterocycles. The Morgan fingerprint density at radius 1 is 0.897 bits per heavy atom. The van der Waals surface area contributed by atoms with E-state index in [1.54, 1.807) is 38.1 Å². The SMILES string of the molecule is Cc1cccc(C)c1NC(=O)C(C)(C)NC(=O)CN1C(=O)c2ccccc2C1=O. The summed E-state index contributed by atoms with van der Waals surface area (Å²) in [5.74, 6) is -2.02. The van der Waals surface area contributed by atoms with Crippen molar-refractivity contribution >= 4 is 29.3 Å². The van der Waals surface area contributed by atoms with Gasteiger partial charge in [0.05, 0.1) is 11.1 Å². The number of rotatable bonds is 5. The number of fused-ring (bicyclic) bond motifs is 1. The number of nitrogens with one attached hydrogen (secondary N) is 2. The number of amides is 4. The predicted molar refractivity (Wildman–Crippen MR) is 109 cm³/mol. The van der Waals surface area contributed by atoms with E-state index in [-0.39, 0.29) is 11.1 Å². The number of carbonyl (C=O) groups is 4. The van der Waals surface area contributed by atoms with Crippen LogP contribution < -0.4 is 10.6 Å². The number of benzene rings is 2. The van der Waals surface area contributed by atoms with Gasteiger partial charge in [0.2, 0.25) is 11.8 Å². The van der Waals surface area contributed by atoms with E-state index in [9.17, 15) is 19.2 Å². The molecule has 7 nitrogen and oxygen atoms in total. The van der Waals surface area contributed by atoms with Gasteiger partial charge in [-0.2, -0.15) is 0 Å². The molecule has 2 N–H and O–H groups in total. The van der Waals surface area contributed by atoms with Crippen LogP contribution in [0.25, 0.3) is 0 Å². The Labute approximate surface area is 169 Å². The average molecular weight is 393 g/mol. The second-order valence-electron chi connectivity index (χ2n) is 7.64. The molecule has 0 fully saturated rings. The average Bonchev–Trinajstić information content (AvgIpc) is 2.89. The topological polar surface area (TPSA) is 95.6 Å². The number of anilines is 1. The summed E-state index contributed by atoms with van der Waals surface area (Å²) in [6.45, 7) is 6.45. The zero-order valence-electron chi connectivity index (χ0n) is 16.8. The van der Waals surface area contributed by atoms with E-state index in [1.807, 2.05) is 32.0 Å². The van der Waals surface area contributed by atoms with Gasteiger partial charge in [-0.3, -0.25) is 24.1 Å². The third kappa shape index (κ3) is 3.89. The van der Waals surface area contributed by atoms with E-state index < -0.39 is 35.7 Å². The van der Waals surface area contributed by atoms with Gasteiger partial charge in [-0.15, -0.1) is 0 Å². The largest absolute Gasteiger partial charge is 0.341 e. The van der Waals surface area contributed by atoms with Crippen LogP contribution >= 0.6 is 0 Å². The highest BCUT2D eigenvalue weighted by Crippen LogP contribution is 2.23. The van der Waals surface area contributed by atoms with Crippen molar-refractivity contribution in [3.05, 3.63) is 64.7 Å². The highest BCUT2D eigenvalue weighted by molar-refractivity contribution is 6.22. The third-order valence-corrected chi connectivity index (χ3v) is 4.92. The summed E-state index contributed by atoms with van der Waals surface area (Å²) in [6.07, 6.45) is 0. The summed E-state index contributed by atoms with van der Waals surface area (Å²) < 4.78 is 0. The molecule has 150 valence electrons. The third-order valence-electron chi connectivity index (χ3n) is 4.92. The number of nitrogens with zero attached hydrogens (tertiary/aromatic N) is 1. The highest BCUT2D eigenvalue weighted by Gasteiger charge is 2.38. The lowest BCUT2D eigenvalue weighted by molar-refractivity contribution is -0.129. The van der Waals surface area contributed by atoms with E-state index in [1.165, 1.54) is 0 Å². The van der Waals surface area contributed by atoms with Crippen molar-refractivity contribution in [3.63, 3.8) is 0 Å². The van der Waals surface area contributed by atoms with Crippen LogP contribution in [0.2, 0.25) is 0 Å². The van der Waals surface area contributed by atoms with Crippen molar-refractivity contribution in [1.82, 2.24) is 10.2 Å². The Hall–Kier alpha value is -3.48. The minimum absolute atomic E-state index is 0.275. The molecule has 2 aromatic rings. The molecule has 3 rings (SSSR count). The molecule has 0 aromatic heterocycles. The van der Waals surface area contributed by atoms with Crippen LogP contribution in [0.1, 0.15) is 45.7 Å². The van der Waals surface area contributed by atoms with Crippen molar-refractivity contribution in [2.75, 3.05) is 11.9 Å². The van der Waals surface area contributed by atoms with Gasteiger partial charge in [-0.05, 0) is 51.0 Å². The molecule has 1 aliphatic heterocycles. The number of hydrogen-bond donors (Lipinski definition) is 2. The molecule has 4 amide bonds. The molecule has 0 unspecified atom stereocenters. The molecule has 0 saturated carbocycles. The first kappa shape index (κ1) is 20.3. The highest BCUT2D eigenvalue weighted by atomic mass is 16.2. The molecule has 1 heterocycles. The quantitative estimate of drug-likeness (QED) is 0.763. The summed E-state index contributed by atoms with van der Waals surface area (Å²) in [6, 6.07) is 12.1. The van der Waals surface area contributed by atoms with Crippen LogP contribution in [0.5, 0.6) is 0 Å². The van der Waals surface area contributed by atoms with Crippen molar-refractivity contribution in [2.24, 2.45) is 0 Å². The van der Waals surface area contributed by atoms with Gasteiger partial charge in [0.1, 0.15) is 12.1 Å². The maximum Gasteiger partial charge on any atom is 0.262 e. The maximum atomic E-state index is 12.7. The molecule has 0 atom stereocenters. The number of carbonyl (C=O) groups excluding carboxylic acids is 4. The van der Waals surface area contributed by atoms with Gasteiger partial charge in [0.25, 0.3) is 11.8 Å². The molecule has 2 aromatic carbocycles. The molecular formula is C22H23N3O4. The van der Waals surface area contributed by atoms with E-state index >= 15 is 0 Å². The zero-order chi connectivity index (χ0) is 21.3. The van der Waals surface area contributed by atoms with E-state index in [2.05, 4.69) is 10.6 Å². The summed E-state index contributed by atoms with van der Waals surface area (Å²) in [4.78, 5) is 51.0. The fourth-order valence-corrected chi connectivity index (χ4v) is 3.25. The molecule has 0 aliphatic carbocycles. The summed E-state index contributed by atoms with van der Waals surface area (Å²) >= 11 is 0. The van der Waals surface area contributed by atoms with Gasteiger partial charge in [-0.1, -0.05) is 30.3 Å². The molecular weight excluding hydrogens is 370 g/mol. The molecule has 0 spiro atoms. The van der Waals surface area contributed by atoms with E-state index in [0.29, 0.717) is 5.69 Å². The summed E-state index contributed by atoms with van der Waals surface area (Å²) in [7, 11) is 0. The maximum absolute atomic E-state index is 12.7. The first-order valence-corrected chi connectivity index (χ1v) is 9.25. The fraction of sp³-hybridized carbons (Fsp3) is 0.273. The minimum atomic E-state index is -1.25. The van der Waals surface area contributed by atoms with Crippen molar-refractivity contribution in [3.8, 4) is 0 Å². The Morgan fingerprint density at radius 3 is 1.93 bits per heavy atom. The Balaban J connectivity index is 1.68. The van der Waals surface area contributed by atoms with Crippen LogP contribution in [0, 0.1) is 13.8 Å². The molecule has 0 radical (unpaired) electrons. The van der Waals surface area contributed by atoms with Crippen LogP contribution in [-0.2, 0) is 9.59 Å². The zero-order valence-corrected chi connectivity index (χ0v) is 16.8. The number of hydrogen-bond acceptors (Lipinski definition) is 4. The molecule has 7 heteroatoms. The van der Waals surface area contributed by atoms with Crippen LogP contribution in [0.15, 0.2) is 42.5 Å². The van der Waals surface area contributed by atoms with Gasteiger partial charge in [0.15, 0.2) is 0 Å². The Bertz CT molecular complexity index is 971. The lowest BCUT2D eigenvalue weighted by Gasteiger charge is -2.27. The van der Waals surface area contributed by atoms with Gasteiger partial charge in [0, 0.05) is 5.69 Å². The first-order valence-electron chi connectivity index (χ1n) is 9.25. The lowest BCUT2D eigenvalue weighted by Crippen LogP contribution is -2.55. The minimum Gasteiger partial charge on any atom is -0.341 e. The van der Waals surface area contributed by atoms with Crippen molar-refractivity contribution < 1.29 is 19.2 Å². The second kappa shape index (κ2) is 7.50. The standard InChI is InChI=1S/C22H23N3O4/c1-13-8-7-9-14(2)18(13)23-21(29)22(3,4)24-17(26)12-25-19(27)15-10-5-6-11-16(15)20(25)28/h5-11H,12H2,1-4H3,(H,23,29)(H,24,26). The predicted octanol–water partition coefficient (Wildman–Crippen LogP) is 2.43. The summed E-state index contributed by atoms with van der Waals surface area (Å²) in [5.41, 5.74) is 1.82. The lowest BCUT2D eigenvalue weighted by atomic mass is 10.0. The smallest absolute Gasteiger partial charge is 0.262 e. The molecule has 0 bridgehead atoms. The van der Waals surface area contributed by atoms with Crippen LogP contribution in [0.3, 0.4) is 0 Å². The van der Waals surface area contributed by atoms with Crippen LogP contribution in [0.4, 0.5) is 5.69 Å². The molecule has 1 aliphatic rings. The number of para-hydroxylation sites is 1. The number of imide groups is 1. The summed E-state index contributed by atoms with van der Waals surface area (Å²) in [5, 5.41) is 5.46. The monoisotopic (exact) mass is 393 g/mol. The van der Waals surface area contributed by atoms with E-state index in [4.69, 9.17) is 0 Å². The second-order valence-corrected chi connectivity index (χ2v) is 7.64. The first-order chi connectivity index (χ1) is 13.6. The van der Waals surface area contributed by atoms with Crippen LogP contribution in [-0.4, -0.2) is 40.6 Å². The van der Waals surface area contributed by atoms with E-state index in [0.717, 1.165) is 16.0 Å². The van der Waals surface area contributed by atoms with Crippen molar-refractivity contribution in [1.29, 1.82) is 0 Å². The normalized spacial score (nSPS) is 13.3. The van der Waals surface area contributed by atoms with Gasteiger partial charge < -0.3 is 10.6 Å². The van der Waals surface area contributed by atoms with Crippen molar-refractivity contribution in [2.45, 2.75) is 33.2 Å². The fourth-order valence-electron chi connectivity index (χ4n) is 3.25.